The van der Waals surface area contributed by atoms with Crippen molar-refractivity contribution in [3.05, 3.63) is 42.5 Å². The fourth-order valence-electron chi connectivity index (χ4n) is 2.81. The second-order valence-electron chi connectivity index (χ2n) is 6.13. The SMILES string of the molecule is COc1ccc(OC2CCCN(S(=O)(=O)CCOc3ccccc3)C2)nn1. The van der Waals surface area contributed by atoms with Crippen LogP contribution < -0.4 is 14.2 Å². The Balaban J connectivity index is 1.52. The van der Waals surface area contributed by atoms with Crippen LogP contribution in [0.1, 0.15) is 12.8 Å². The molecule has 3 rings (SSSR count). The first kappa shape index (κ1) is 19.4. The Morgan fingerprint density at radius 2 is 1.85 bits per heavy atom. The lowest BCUT2D eigenvalue weighted by molar-refractivity contribution is 0.123. The highest BCUT2D eigenvalue weighted by Gasteiger charge is 2.30. The van der Waals surface area contributed by atoms with E-state index in [0.29, 0.717) is 30.6 Å². The van der Waals surface area contributed by atoms with Crippen molar-refractivity contribution in [2.24, 2.45) is 0 Å². The van der Waals surface area contributed by atoms with Gasteiger partial charge in [0.25, 0.3) is 0 Å². The van der Waals surface area contributed by atoms with Crippen LogP contribution in [0, 0.1) is 0 Å². The lowest BCUT2D eigenvalue weighted by atomic mass is 10.1. The van der Waals surface area contributed by atoms with E-state index in [2.05, 4.69) is 10.2 Å². The topological polar surface area (TPSA) is 90.9 Å². The molecule has 1 atom stereocenters. The molecule has 1 aromatic carbocycles. The molecule has 0 aliphatic carbocycles. The minimum atomic E-state index is -3.42. The molecule has 1 unspecified atom stereocenters. The first-order valence-electron chi connectivity index (χ1n) is 8.77. The van der Waals surface area contributed by atoms with Gasteiger partial charge in [-0.15, -0.1) is 10.2 Å². The number of rotatable bonds is 8. The second kappa shape index (κ2) is 9.01. The van der Waals surface area contributed by atoms with Crippen LogP contribution in [0.2, 0.25) is 0 Å². The molecule has 2 aromatic rings. The van der Waals surface area contributed by atoms with Crippen LogP contribution in [0.25, 0.3) is 0 Å². The molecule has 1 fully saturated rings. The molecule has 1 saturated heterocycles. The van der Waals surface area contributed by atoms with Crippen molar-refractivity contribution in [1.82, 2.24) is 14.5 Å². The molecule has 0 spiro atoms. The Morgan fingerprint density at radius 1 is 1.11 bits per heavy atom. The third-order valence-electron chi connectivity index (χ3n) is 4.20. The van der Waals surface area contributed by atoms with Crippen molar-refractivity contribution < 1.29 is 22.6 Å². The summed E-state index contributed by atoms with van der Waals surface area (Å²) in [7, 11) is -1.91. The number of sulfonamides is 1. The normalized spacial score (nSPS) is 18.0. The van der Waals surface area contributed by atoms with Crippen LogP contribution in [0.15, 0.2) is 42.5 Å². The zero-order valence-electron chi connectivity index (χ0n) is 15.2. The third-order valence-corrected chi connectivity index (χ3v) is 6.00. The molecule has 1 aliphatic rings. The lowest BCUT2D eigenvalue weighted by Gasteiger charge is -2.31. The summed E-state index contributed by atoms with van der Waals surface area (Å²) in [5.74, 6) is 1.34. The summed E-state index contributed by atoms with van der Waals surface area (Å²) in [6, 6.07) is 12.5. The van der Waals surface area contributed by atoms with Gasteiger partial charge < -0.3 is 14.2 Å². The first-order chi connectivity index (χ1) is 13.1. The Kier molecular flexibility index (Phi) is 6.46. The lowest BCUT2D eigenvalue weighted by Crippen LogP contribution is -2.45. The summed E-state index contributed by atoms with van der Waals surface area (Å²) in [6.45, 7) is 0.890. The quantitative estimate of drug-likeness (QED) is 0.675. The molecular weight excluding hydrogens is 370 g/mol. The summed E-state index contributed by atoms with van der Waals surface area (Å²) in [5.41, 5.74) is 0. The molecule has 1 aliphatic heterocycles. The van der Waals surface area contributed by atoms with Crippen molar-refractivity contribution in [3.8, 4) is 17.5 Å². The van der Waals surface area contributed by atoms with Crippen LogP contribution in [0.5, 0.6) is 17.5 Å². The van der Waals surface area contributed by atoms with Gasteiger partial charge in [0.05, 0.1) is 19.4 Å². The predicted molar refractivity (Wildman–Crippen MR) is 99.5 cm³/mol. The van der Waals surface area contributed by atoms with Gasteiger partial charge in [0.15, 0.2) is 0 Å². The Hall–Kier alpha value is -2.39. The van der Waals surface area contributed by atoms with E-state index in [1.807, 2.05) is 18.2 Å². The van der Waals surface area contributed by atoms with Gasteiger partial charge in [0, 0.05) is 18.7 Å². The number of nitrogens with zero attached hydrogens (tertiary/aromatic N) is 3. The highest BCUT2D eigenvalue weighted by molar-refractivity contribution is 7.89. The van der Waals surface area contributed by atoms with Gasteiger partial charge in [-0.3, -0.25) is 0 Å². The summed E-state index contributed by atoms with van der Waals surface area (Å²) in [5, 5.41) is 7.78. The number of aromatic nitrogens is 2. The maximum absolute atomic E-state index is 12.6. The van der Waals surface area contributed by atoms with E-state index in [0.717, 1.165) is 12.8 Å². The zero-order valence-corrected chi connectivity index (χ0v) is 16.0. The van der Waals surface area contributed by atoms with Crippen molar-refractivity contribution in [2.75, 3.05) is 32.6 Å². The standard InChI is InChI=1S/C18H23N3O5S/c1-24-17-9-10-18(20-19-17)26-16-8-5-11-21(14-16)27(22,23)13-12-25-15-6-3-2-4-7-15/h2-4,6-7,9-10,16H,5,8,11-14H2,1H3. The molecule has 146 valence electrons. The molecule has 9 heteroatoms. The van der Waals surface area contributed by atoms with Crippen LogP contribution in [-0.4, -0.2) is 61.6 Å². The van der Waals surface area contributed by atoms with E-state index >= 15 is 0 Å². The summed E-state index contributed by atoms with van der Waals surface area (Å²) in [4.78, 5) is 0. The second-order valence-corrected chi connectivity index (χ2v) is 8.22. The van der Waals surface area contributed by atoms with Gasteiger partial charge in [-0.05, 0) is 25.0 Å². The fourth-order valence-corrected chi connectivity index (χ4v) is 4.17. The molecule has 27 heavy (non-hydrogen) atoms. The summed E-state index contributed by atoms with van der Waals surface area (Å²) >= 11 is 0. The van der Waals surface area contributed by atoms with E-state index in [1.165, 1.54) is 11.4 Å². The maximum Gasteiger partial charge on any atom is 0.233 e. The molecule has 0 bridgehead atoms. The van der Waals surface area contributed by atoms with Gasteiger partial charge in [0.1, 0.15) is 18.5 Å². The smallest absolute Gasteiger partial charge is 0.233 e. The number of methoxy groups -OCH3 is 1. The van der Waals surface area contributed by atoms with Gasteiger partial charge >= 0.3 is 0 Å². The largest absolute Gasteiger partial charge is 0.492 e. The number of ether oxygens (including phenoxy) is 3. The minimum absolute atomic E-state index is 0.0725. The number of hydrogen-bond acceptors (Lipinski definition) is 7. The average molecular weight is 393 g/mol. The highest BCUT2D eigenvalue weighted by atomic mass is 32.2. The van der Waals surface area contributed by atoms with Crippen LogP contribution in [0.4, 0.5) is 0 Å². The van der Waals surface area contributed by atoms with Gasteiger partial charge in [-0.25, -0.2) is 8.42 Å². The van der Waals surface area contributed by atoms with Gasteiger partial charge in [-0.2, -0.15) is 4.31 Å². The Morgan fingerprint density at radius 3 is 2.56 bits per heavy atom. The Labute approximate surface area is 159 Å². The van der Waals surface area contributed by atoms with Crippen LogP contribution in [-0.2, 0) is 10.0 Å². The van der Waals surface area contributed by atoms with Crippen LogP contribution in [0.3, 0.4) is 0 Å². The minimum Gasteiger partial charge on any atom is -0.492 e. The molecule has 8 nitrogen and oxygen atoms in total. The van der Waals surface area contributed by atoms with E-state index in [1.54, 1.807) is 24.3 Å². The Bertz CT molecular complexity index is 815. The number of hydrogen-bond donors (Lipinski definition) is 0. The summed E-state index contributed by atoms with van der Waals surface area (Å²) < 4.78 is 42.9. The van der Waals surface area contributed by atoms with Crippen molar-refractivity contribution in [2.45, 2.75) is 18.9 Å². The molecule has 1 aromatic heterocycles. The first-order valence-corrected chi connectivity index (χ1v) is 10.4. The number of piperidine rings is 1. The molecule has 0 N–H and O–H groups in total. The number of benzene rings is 1. The predicted octanol–water partition coefficient (Wildman–Crippen LogP) is 1.74. The summed E-state index contributed by atoms with van der Waals surface area (Å²) in [6.07, 6.45) is 1.24. The molecule has 0 radical (unpaired) electrons. The van der Waals surface area contributed by atoms with Gasteiger partial charge in [0.2, 0.25) is 21.8 Å². The monoisotopic (exact) mass is 393 g/mol. The van der Waals surface area contributed by atoms with E-state index in [4.69, 9.17) is 14.2 Å². The van der Waals surface area contributed by atoms with E-state index in [-0.39, 0.29) is 18.5 Å². The maximum atomic E-state index is 12.6. The zero-order chi connectivity index (χ0) is 19.1. The highest BCUT2D eigenvalue weighted by Crippen LogP contribution is 2.20. The molecule has 0 saturated carbocycles. The third kappa shape index (κ3) is 5.54. The fraction of sp³-hybridized carbons (Fsp3) is 0.444. The average Bonchev–Trinajstić information content (AvgIpc) is 2.69. The van der Waals surface area contributed by atoms with Crippen LogP contribution >= 0.6 is 0 Å². The molecule has 0 amide bonds. The van der Waals surface area contributed by atoms with E-state index < -0.39 is 10.0 Å². The van der Waals surface area contributed by atoms with Crippen molar-refractivity contribution >= 4 is 10.0 Å². The van der Waals surface area contributed by atoms with E-state index in [9.17, 15) is 8.42 Å². The molecule has 2 heterocycles. The molecular formula is C18H23N3O5S. The number of para-hydroxylation sites is 1. The van der Waals surface area contributed by atoms with Crippen molar-refractivity contribution in [3.63, 3.8) is 0 Å². The van der Waals surface area contributed by atoms with Crippen molar-refractivity contribution in [1.29, 1.82) is 0 Å². The van der Waals surface area contributed by atoms with Gasteiger partial charge in [-0.1, -0.05) is 18.2 Å².